The molecule has 0 radical (unpaired) electrons. The average molecular weight is 391 g/mol. The van der Waals surface area contributed by atoms with Crippen LogP contribution in [0.2, 0.25) is 0 Å². The molecule has 0 aliphatic rings. The van der Waals surface area contributed by atoms with Crippen LogP contribution in [0.25, 0.3) is 0 Å². The van der Waals surface area contributed by atoms with Gasteiger partial charge in [0.1, 0.15) is 5.82 Å². The van der Waals surface area contributed by atoms with Crippen LogP contribution in [-0.4, -0.2) is 10.9 Å². The maximum absolute atomic E-state index is 6.02. The predicted molar refractivity (Wildman–Crippen MR) is 83.2 cm³/mol. The zero-order valence-corrected chi connectivity index (χ0v) is 13.3. The molecule has 0 saturated carbocycles. The summed E-state index contributed by atoms with van der Waals surface area (Å²) in [6.45, 7) is 0. The van der Waals surface area contributed by atoms with E-state index in [1.165, 1.54) is 0 Å². The van der Waals surface area contributed by atoms with Gasteiger partial charge in [0.05, 0.1) is 10.5 Å². The number of halogens is 3. The molecule has 1 aromatic carbocycles. The molecule has 0 spiro atoms. The first kappa shape index (κ1) is 13.8. The van der Waals surface area contributed by atoms with Gasteiger partial charge in [0.2, 0.25) is 0 Å². The molecule has 1 unspecified atom stereocenters. The van der Waals surface area contributed by atoms with Gasteiger partial charge in [0.25, 0.3) is 0 Å². The van der Waals surface area contributed by atoms with Crippen LogP contribution in [-0.2, 0) is 0 Å². The highest BCUT2D eigenvalue weighted by atomic mass is 79.9. The molecule has 0 bridgehead atoms. The maximum atomic E-state index is 6.02. The number of nitrogens with one attached hydrogen (secondary N) is 1. The van der Waals surface area contributed by atoms with Crippen molar-refractivity contribution in [3.63, 3.8) is 0 Å². The summed E-state index contributed by atoms with van der Waals surface area (Å²) in [7, 11) is 0. The minimum absolute atomic E-state index is 0.0397. The number of pyridine rings is 1. The van der Waals surface area contributed by atoms with Crippen molar-refractivity contribution in [2.45, 2.75) is 6.04 Å². The Morgan fingerprint density at radius 2 is 1.94 bits per heavy atom. The van der Waals surface area contributed by atoms with Crippen molar-refractivity contribution in [2.75, 3.05) is 11.2 Å². The van der Waals surface area contributed by atoms with Crippen LogP contribution < -0.4 is 5.32 Å². The molecule has 2 nitrogen and oxygen atoms in total. The maximum Gasteiger partial charge on any atom is 0.140 e. The van der Waals surface area contributed by atoms with Gasteiger partial charge in [-0.25, -0.2) is 4.98 Å². The first-order chi connectivity index (χ1) is 8.70. The zero-order chi connectivity index (χ0) is 13.0. The van der Waals surface area contributed by atoms with Crippen LogP contribution in [0.1, 0.15) is 11.6 Å². The first-order valence-electron chi connectivity index (χ1n) is 5.39. The van der Waals surface area contributed by atoms with Crippen LogP contribution in [0.5, 0.6) is 0 Å². The van der Waals surface area contributed by atoms with Crippen molar-refractivity contribution in [2.24, 2.45) is 0 Å². The van der Waals surface area contributed by atoms with Crippen LogP contribution in [0, 0.1) is 0 Å². The fraction of sp³-hybridized carbons (Fsp3) is 0.154. The monoisotopic (exact) mass is 388 g/mol. The molecule has 0 aliphatic carbocycles. The molecule has 0 saturated heterocycles. The van der Waals surface area contributed by atoms with E-state index in [-0.39, 0.29) is 6.04 Å². The molecule has 2 rings (SSSR count). The summed E-state index contributed by atoms with van der Waals surface area (Å²) in [5.41, 5.74) is 1.14. The Hall–Kier alpha value is -0.580. The number of hydrogen-bond donors (Lipinski definition) is 1. The lowest BCUT2D eigenvalue weighted by atomic mass is 10.1. The van der Waals surface area contributed by atoms with Crippen LogP contribution >= 0.6 is 43.5 Å². The van der Waals surface area contributed by atoms with Gasteiger partial charge in [-0.2, -0.15) is 0 Å². The van der Waals surface area contributed by atoms with E-state index in [0.717, 1.165) is 20.3 Å². The molecule has 18 heavy (non-hydrogen) atoms. The Morgan fingerprint density at radius 1 is 1.22 bits per heavy atom. The lowest BCUT2D eigenvalue weighted by molar-refractivity contribution is 0.881. The van der Waals surface area contributed by atoms with Gasteiger partial charge in [-0.05, 0) is 43.5 Å². The fourth-order valence-electron chi connectivity index (χ4n) is 1.58. The number of aromatic nitrogens is 1. The number of hydrogen-bond acceptors (Lipinski definition) is 2. The Labute approximate surface area is 128 Å². The third-order valence-corrected chi connectivity index (χ3v) is 3.82. The molecular formula is C13H11Br2ClN2. The molecule has 0 amide bonds. The second-order valence-corrected chi connectivity index (χ2v) is 5.82. The van der Waals surface area contributed by atoms with Crippen molar-refractivity contribution in [1.29, 1.82) is 0 Å². The van der Waals surface area contributed by atoms with E-state index in [0.29, 0.717) is 5.88 Å². The minimum Gasteiger partial charge on any atom is -0.361 e. The first-order valence-corrected chi connectivity index (χ1v) is 7.51. The van der Waals surface area contributed by atoms with Gasteiger partial charge >= 0.3 is 0 Å². The number of rotatable bonds is 4. The highest BCUT2D eigenvalue weighted by Gasteiger charge is 2.12. The molecule has 94 valence electrons. The van der Waals surface area contributed by atoms with Crippen molar-refractivity contribution in [3.05, 3.63) is 57.1 Å². The summed E-state index contributed by atoms with van der Waals surface area (Å²) in [6.07, 6.45) is 1.75. The van der Waals surface area contributed by atoms with Gasteiger partial charge in [-0.1, -0.05) is 30.3 Å². The SMILES string of the molecule is ClCC(Nc1ncc(Br)cc1Br)c1ccccc1. The predicted octanol–water partition coefficient (Wildman–Crippen LogP) is 5.00. The number of benzene rings is 1. The topological polar surface area (TPSA) is 24.9 Å². The van der Waals surface area contributed by atoms with Crippen LogP contribution in [0.4, 0.5) is 5.82 Å². The van der Waals surface area contributed by atoms with E-state index in [1.54, 1.807) is 6.20 Å². The van der Waals surface area contributed by atoms with Gasteiger partial charge < -0.3 is 5.32 Å². The second kappa shape index (κ2) is 6.55. The largest absolute Gasteiger partial charge is 0.361 e. The van der Waals surface area contributed by atoms with Gasteiger partial charge in [-0.15, -0.1) is 11.6 Å². The normalized spacial score (nSPS) is 12.2. The van der Waals surface area contributed by atoms with Crippen molar-refractivity contribution in [1.82, 2.24) is 4.98 Å². The summed E-state index contributed by atoms with van der Waals surface area (Å²) in [4.78, 5) is 4.33. The van der Waals surface area contributed by atoms with E-state index in [9.17, 15) is 0 Å². The molecular weight excluding hydrogens is 379 g/mol. The number of nitrogens with zero attached hydrogens (tertiary/aromatic N) is 1. The van der Waals surface area contributed by atoms with E-state index in [1.807, 2.05) is 36.4 Å². The standard InChI is InChI=1S/C13H11Br2ClN2/c14-10-6-11(15)13(17-8-10)18-12(7-16)9-4-2-1-3-5-9/h1-6,8,12H,7H2,(H,17,18). The molecule has 0 aliphatic heterocycles. The van der Waals surface area contributed by atoms with E-state index in [2.05, 4.69) is 42.2 Å². The zero-order valence-electron chi connectivity index (χ0n) is 9.41. The smallest absolute Gasteiger partial charge is 0.140 e. The molecule has 1 heterocycles. The van der Waals surface area contributed by atoms with Crippen molar-refractivity contribution < 1.29 is 0 Å². The van der Waals surface area contributed by atoms with Gasteiger partial charge in [-0.3, -0.25) is 0 Å². The summed E-state index contributed by atoms with van der Waals surface area (Å²) in [5.74, 6) is 1.27. The molecule has 2 aromatic rings. The van der Waals surface area contributed by atoms with E-state index >= 15 is 0 Å². The van der Waals surface area contributed by atoms with E-state index in [4.69, 9.17) is 11.6 Å². The Kier molecular flexibility index (Phi) is 5.03. The fourth-order valence-corrected chi connectivity index (χ4v) is 2.94. The van der Waals surface area contributed by atoms with Crippen molar-refractivity contribution in [3.8, 4) is 0 Å². The Bertz CT molecular complexity index is 520. The van der Waals surface area contributed by atoms with Crippen LogP contribution in [0.15, 0.2) is 51.5 Å². The Morgan fingerprint density at radius 3 is 2.56 bits per heavy atom. The highest BCUT2D eigenvalue weighted by molar-refractivity contribution is 9.11. The van der Waals surface area contributed by atoms with Gasteiger partial charge in [0.15, 0.2) is 0 Å². The average Bonchev–Trinajstić information content (AvgIpc) is 2.39. The molecule has 1 N–H and O–H groups in total. The second-order valence-electron chi connectivity index (χ2n) is 3.75. The summed E-state index contributed by atoms with van der Waals surface area (Å²) >= 11 is 12.9. The summed E-state index contributed by atoms with van der Waals surface area (Å²) < 4.78 is 1.84. The lowest BCUT2D eigenvalue weighted by Crippen LogP contribution is -2.13. The third-order valence-electron chi connectivity index (χ3n) is 2.48. The van der Waals surface area contributed by atoms with E-state index < -0.39 is 0 Å². The third kappa shape index (κ3) is 3.46. The quantitative estimate of drug-likeness (QED) is 0.743. The highest BCUT2D eigenvalue weighted by Crippen LogP contribution is 2.27. The lowest BCUT2D eigenvalue weighted by Gasteiger charge is -2.18. The molecule has 5 heteroatoms. The number of alkyl halides is 1. The number of anilines is 1. The molecule has 0 fully saturated rings. The summed E-state index contributed by atoms with van der Waals surface area (Å²) in [5, 5.41) is 3.33. The Balaban J connectivity index is 2.21. The molecule has 1 aromatic heterocycles. The minimum atomic E-state index is 0.0397. The van der Waals surface area contributed by atoms with Crippen LogP contribution in [0.3, 0.4) is 0 Å². The van der Waals surface area contributed by atoms with Crippen molar-refractivity contribution >= 4 is 49.3 Å². The molecule has 1 atom stereocenters. The summed E-state index contributed by atoms with van der Waals surface area (Å²) in [6, 6.07) is 12.1. The van der Waals surface area contributed by atoms with Gasteiger partial charge in [0, 0.05) is 16.5 Å².